The van der Waals surface area contributed by atoms with Crippen molar-refractivity contribution in [3.8, 4) is 0 Å². The molecular weight excluding hydrogens is 336 g/mol. The van der Waals surface area contributed by atoms with Crippen molar-refractivity contribution < 1.29 is 5.11 Å². The van der Waals surface area contributed by atoms with Crippen molar-refractivity contribution >= 4 is 17.0 Å². The van der Waals surface area contributed by atoms with Crippen LogP contribution < -0.4 is 5.32 Å². The van der Waals surface area contributed by atoms with Gasteiger partial charge >= 0.3 is 0 Å². The summed E-state index contributed by atoms with van der Waals surface area (Å²) < 4.78 is 2.13. The van der Waals surface area contributed by atoms with Crippen LogP contribution in [0.2, 0.25) is 0 Å². The Bertz CT molecular complexity index is 817. The molecule has 5 heteroatoms. The minimum absolute atomic E-state index is 0.134. The molecule has 1 fully saturated rings. The third-order valence-electron chi connectivity index (χ3n) is 6.28. The van der Waals surface area contributed by atoms with Gasteiger partial charge < -0.3 is 10.4 Å². The van der Waals surface area contributed by atoms with Gasteiger partial charge in [0.25, 0.3) is 0 Å². The molecule has 2 heterocycles. The number of aliphatic hydroxyl groups excluding tert-OH is 1. The van der Waals surface area contributed by atoms with Crippen LogP contribution in [-0.4, -0.2) is 31.9 Å². The first-order valence-electron chi connectivity index (χ1n) is 10.7. The summed E-state index contributed by atoms with van der Waals surface area (Å²) in [5.41, 5.74) is 5.17. The second-order valence-electron chi connectivity index (χ2n) is 8.30. The molecule has 0 spiro atoms. The minimum atomic E-state index is -0.134. The van der Waals surface area contributed by atoms with Gasteiger partial charge in [-0.25, -0.2) is 9.50 Å². The molecule has 0 unspecified atom stereocenters. The summed E-state index contributed by atoms with van der Waals surface area (Å²) in [7, 11) is 0. The Kier molecular flexibility index (Phi) is 5.48. The Morgan fingerprint density at radius 1 is 1.26 bits per heavy atom. The number of aliphatic hydroxyl groups is 1. The standard InChI is InChI=1S/C22H32N4O/c1-3-15(2)24-22-23-14-21-19(16-7-5-4-6-8-16)13-20(26(21)25-22)17-9-11-18(27)12-10-17/h7,13-15,17-18,27H,3-6,8-12H2,1-2H3,(H,24,25)/t15-,17?,18?/m0/s1. The maximum atomic E-state index is 9.92. The van der Waals surface area contributed by atoms with E-state index < -0.39 is 0 Å². The summed E-state index contributed by atoms with van der Waals surface area (Å²) in [5, 5.41) is 18.2. The van der Waals surface area contributed by atoms with E-state index in [1.807, 2.05) is 6.20 Å². The molecule has 2 aromatic heterocycles. The summed E-state index contributed by atoms with van der Waals surface area (Å²) in [4.78, 5) is 4.61. The van der Waals surface area contributed by atoms with Crippen LogP contribution in [0.3, 0.4) is 0 Å². The van der Waals surface area contributed by atoms with Crippen LogP contribution in [0.1, 0.15) is 88.8 Å². The predicted molar refractivity (Wildman–Crippen MR) is 110 cm³/mol. The number of hydrogen-bond acceptors (Lipinski definition) is 4. The molecule has 2 N–H and O–H groups in total. The van der Waals surface area contributed by atoms with Gasteiger partial charge in [-0.3, -0.25) is 0 Å². The fourth-order valence-corrected chi connectivity index (χ4v) is 4.41. The van der Waals surface area contributed by atoms with Gasteiger partial charge in [-0.05, 0) is 76.4 Å². The largest absolute Gasteiger partial charge is 0.393 e. The summed E-state index contributed by atoms with van der Waals surface area (Å²) >= 11 is 0. The highest BCUT2D eigenvalue weighted by molar-refractivity contribution is 5.79. The highest BCUT2D eigenvalue weighted by atomic mass is 16.3. The average Bonchev–Trinajstić information content (AvgIpc) is 3.08. The SMILES string of the molecule is CC[C@H](C)Nc1ncc2c(C3=CCCCC3)cc(C3CCC(O)CC3)n2n1. The maximum absolute atomic E-state index is 9.92. The van der Waals surface area contributed by atoms with Gasteiger partial charge in [0.1, 0.15) is 0 Å². The van der Waals surface area contributed by atoms with Crippen molar-refractivity contribution in [2.24, 2.45) is 0 Å². The second kappa shape index (κ2) is 8.01. The number of nitrogens with zero attached hydrogens (tertiary/aromatic N) is 3. The third-order valence-corrected chi connectivity index (χ3v) is 6.28. The smallest absolute Gasteiger partial charge is 0.241 e. The van der Waals surface area contributed by atoms with Crippen molar-refractivity contribution in [1.82, 2.24) is 14.6 Å². The zero-order chi connectivity index (χ0) is 18.8. The molecule has 1 atom stereocenters. The molecule has 0 bridgehead atoms. The first-order valence-corrected chi connectivity index (χ1v) is 10.7. The van der Waals surface area contributed by atoms with E-state index in [4.69, 9.17) is 5.10 Å². The highest BCUT2D eigenvalue weighted by Gasteiger charge is 2.26. The molecule has 2 aromatic rings. The summed E-state index contributed by atoms with van der Waals surface area (Å²) in [6, 6.07) is 2.71. The van der Waals surface area contributed by atoms with Crippen LogP contribution in [0.5, 0.6) is 0 Å². The zero-order valence-corrected chi connectivity index (χ0v) is 16.6. The van der Waals surface area contributed by atoms with E-state index in [2.05, 4.69) is 40.8 Å². The summed E-state index contributed by atoms with van der Waals surface area (Å²) in [6.07, 6.45) is 14.0. The van der Waals surface area contributed by atoms with E-state index in [9.17, 15) is 5.11 Å². The first kappa shape index (κ1) is 18.5. The number of fused-ring (bicyclic) bond motifs is 1. The Hall–Kier alpha value is -1.88. The number of aromatic nitrogens is 3. The van der Waals surface area contributed by atoms with Crippen molar-refractivity contribution in [2.75, 3.05) is 5.32 Å². The lowest BCUT2D eigenvalue weighted by atomic mass is 9.85. The van der Waals surface area contributed by atoms with Crippen LogP contribution in [0.4, 0.5) is 5.95 Å². The minimum Gasteiger partial charge on any atom is -0.393 e. The lowest BCUT2D eigenvalue weighted by Gasteiger charge is -2.25. The molecule has 2 aliphatic carbocycles. The molecule has 0 saturated heterocycles. The van der Waals surface area contributed by atoms with Gasteiger partial charge in [0, 0.05) is 23.2 Å². The van der Waals surface area contributed by atoms with Crippen LogP contribution in [0.15, 0.2) is 18.3 Å². The number of rotatable bonds is 5. The van der Waals surface area contributed by atoms with Gasteiger partial charge in [0.15, 0.2) is 0 Å². The van der Waals surface area contributed by atoms with Gasteiger partial charge in [-0.1, -0.05) is 13.0 Å². The molecule has 0 aromatic carbocycles. The van der Waals surface area contributed by atoms with Crippen LogP contribution in [0, 0.1) is 0 Å². The number of allylic oxidation sites excluding steroid dienone is 2. The van der Waals surface area contributed by atoms with Gasteiger partial charge in [-0.2, -0.15) is 0 Å². The van der Waals surface area contributed by atoms with Crippen molar-refractivity contribution in [2.45, 2.75) is 89.7 Å². The van der Waals surface area contributed by atoms with Crippen LogP contribution in [-0.2, 0) is 0 Å². The Morgan fingerprint density at radius 2 is 2.07 bits per heavy atom. The molecule has 0 amide bonds. The number of hydrogen-bond donors (Lipinski definition) is 2. The monoisotopic (exact) mass is 368 g/mol. The predicted octanol–water partition coefficient (Wildman–Crippen LogP) is 4.92. The quantitative estimate of drug-likeness (QED) is 0.787. The molecule has 0 aliphatic heterocycles. The van der Waals surface area contributed by atoms with Crippen molar-refractivity contribution in [1.29, 1.82) is 0 Å². The molecule has 2 aliphatic rings. The first-order chi connectivity index (χ1) is 13.2. The molecule has 1 saturated carbocycles. The molecule has 4 rings (SSSR count). The van der Waals surface area contributed by atoms with E-state index >= 15 is 0 Å². The maximum Gasteiger partial charge on any atom is 0.241 e. The normalized spacial score (nSPS) is 24.6. The molecular formula is C22H32N4O. The number of nitrogens with one attached hydrogen (secondary N) is 1. The Morgan fingerprint density at radius 3 is 2.78 bits per heavy atom. The van der Waals surface area contributed by atoms with Gasteiger partial charge in [0.2, 0.25) is 5.95 Å². The fourth-order valence-electron chi connectivity index (χ4n) is 4.41. The molecule has 0 radical (unpaired) electrons. The average molecular weight is 369 g/mol. The zero-order valence-electron chi connectivity index (χ0n) is 16.6. The second-order valence-corrected chi connectivity index (χ2v) is 8.30. The van der Waals surface area contributed by atoms with E-state index in [1.54, 1.807) is 0 Å². The lowest BCUT2D eigenvalue weighted by molar-refractivity contribution is 0.121. The molecule has 146 valence electrons. The lowest BCUT2D eigenvalue weighted by Crippen LogP contribution is -2.19. The van der Waals surface area contributed by atoms with E-state index in [0.29, 0.717) is 17.9 Å². The number of anilines is 1. The molecule has 5 nitrogen and oxygen atoms in total. The van der Waals surface area contributed by atoms with E-state index in [0.717, 1.165) is 44.0 Å². The fraction of sp³-hybridized carbons (Fsp3) is 0.636. The molecule has 27 heavy (non-hydrogen) atoms. The van der Waals surface area contributed by atoms with Gasteiger partial charge in [-0.15, -0.1) is 5.10 Å². The van der Waals surface area contributed by atoms with E-state index in [-0.39, 0.29) is 6.10 Å². The van der Waals surface area contributed by atoms with Crippen LogP contribution in [0.25, 0.3) is 11.1 Å². The summed E-state index contributed by atoms with van der Waals surface area (Å²) in [6.45, 7) is 4.32. The van der Waals surface area contributed by atoms with E-state index in [1.165, 1.54) is 36.1 Å². The van der Waals surface area contributed by atoms with Gasteiger partial charge in [0.05, 0.1) is 17.8 Å². The summed E-state index contributed by atoms with van der Waals surface area (Å²) in [5.74, 6) is 1.17. The van der Waals surface area contributed by atoms with Crippen molar-refractivity contribution in [3.05, 3.63) is 29.6 Å². The highest BCUT2D eigenvalue weighted by Crippen LogP contribution is 2.38. The third kappa shape index (κ3) is 3.88. The Balaban J connectivity index is 1.76. The topological polar surface area (TPSA) is 62.5 Å². The van der Waals surface area contributed by atoms with Crippen molar-refractivity contribution in [3.63, 3.8) is 0 Å². The Labute approximate surface area is 161 Å². The van der Waals surface area contributed by atoms with Crippen LogP contribution >= 0.6 is 0 Å².